The van der Waals surface area contributed by atoms with Crippen LogP contribution in [0.5, 0.6) is 0 Å². The molecule has 0 aliphatic carbocycles. The first kappa shape index (κ1) is 14.0. The summed E-state index contributed by atoms with van der Waals surface area (Å²) in [7, 11) is 0. The third-order valence-electron chi connectivity index (χ3n) is 2.67. The standard InChI is InChI=1S/C14H8Cl2F2O/c1-7-4-8(2-3-10(7)15)14(19)9-5-12(17)13(18)6-11(9)16/h2-6H,1H3. The maximum Gasteiger partial charge on any atom is 0.194 e. The van der Waals surface area contributed by atoms with Crippen LogP contribution in [0, 0.1) is 18.6 Å². The Morgan fingerprint density at radius 2 is 1.63 bits per heavy atom. The van der Waals surface area contributed by atoms with Gasteiger partial charge in [-0.2, -0.15) is 0 Å². The summed E-state index contributed by atoms with van der Waals surface area (Å²) in [5.41, 5.74) is 0.948. The topological polar surface area (TPSA) is 17.1 Å². The third kappa shape index (κ3) is 2.77. The lowest BCUT2D eigenvalue weighted by Crippen LogP contribution is -2.04. The lowest BCUT2D eigenvalue weighted by molar-refractivity contribution is 0.103. The molecule has 5 heteroatoms. The van der Waals surface area contributed by atoms with Crippen LogP contribution in [0.1, 0.15) is 21.5 Å². The van der Waals surface area contributed by atoms with Crippen molar-refractivity contribution in [2.24, 2.45) is 0 Å². The monoisotopic (exact) mass is 300 g/mol. The molecule has 2 aromatic carbocycles. The minimum Gasteiger partial charge on any atom is -0.289 e. The van der Waals surface area contributed by atoms with E-state index in [0.717, 1.165) is 12.1 Å². The van der Waals surface area contributed by atoms with E-state index in [0.29, 0.717) is 16.1 Å². The number of ketones is 1. The van der Waals surface area contributed by atoms with Crippen LogP contribution in [0.4, 0.5) is 8.78 Å². The van der Waals surface area contributed by atoms with E-state index in [-0.39, 0.29) is 10.6 Å². The highest BCUT2D eigenvalue weighted by molar-refractivity contribution is 6.35. The average molecular weight is 301 g/mol. The largest absolute Gasteiger partial charge is 0.289 e. The van der Waals surface area contributed by atoms with Gasteiger partial charge in [-0.25, -0.2) is 8.78 Å². The van der Waals surface area contributed by atoms with Crippen molar-refractivity contribution in [3.8, 4) is 0 Å². The molecule has 0 bridgehead atoms. The van der Waals surface area contributed by atoms with E-state index in [1.54, 1.807) is 19.1 Å². The van der Waals surface area contributed by atoms with Crippen molar-refractivity contribution >= 4 is 29.0 Å². The Balaban J connectivity index is 2.49. The second-order valence-electron chi connectivity index (χ2n) is 4.04. The summed E-state index contributed by atoms with van der Waals surface area (Å²) >= 11 is 11.6. The molecule has 0 aliphatic heterocycles. The first-order chi connectivity index (χ1) is 8.90. The molecule has 0 atom stereocenters. The number of carbonyl (C=O) groups excluding carboxylic acids is 1. The van der Waals surface area contributed by atoms with Gasteiger partial charge in [0.15, 0.2) is 17.4 Å². The zero-order valence-electron chi connectivity index (χ0n) is 9.81. The lowest BCUT2D eigenvalue weighted by atomic mass is 10.0. The quantitative estimate of drug-likeness (QED) is 0.574. The number of hydrogen-bond acceptors (Lipinski definition) is 1. The molecule has 98 valence electrons. The molecule has 0 N–H and O–H groups in total. The highest BCUT2D eigenvalue weighted by Crippen LogP contribution is 2.24. The average Bonchev–Trinajstić information content (AvgIpc) is 2.36. The zero-order valence-corrected chi connectivity index (χ0v) is 11.3. The van der Waals surface area contributed by atoms with Gasteiger partial charge in [-0.05, 0) is 42.8 Å². The van der Waals surface area contributed by atoms with Crippen molar-refractivity contribution in [2.75, 3.05) is 0 Å². The van der Waals surface area contributed by atoms with Crippen LogP contribution in [0.2, 0.25) is 10.0 Å². The fourth-order valence-corrected chi connectivity index (χ4v) is 1.99. The van der Waals surface area contributed by atoms with Crippen LogP contribution in [0.3, 0.4) is 0 Å². The summed E-state index contributed by atoms with van der Waals surface area (Å²) in [6.07, 6.45) is 0. The summed E-state index contributed by atoms with van der Waals surface area (Å²) in [6, 6.07) is 6.23. The molecule has 0 aliphatic rings. The van der Waals surface area contributed by atoms with Crippen LogP contribution < -0.4 is 0 Å². The molecule has 0 unspecified atom stereocenters. The number of rotatable bonds is 2. The van der Waals surface area contributed by atoms with E-state index >= 15 is 0 Å². The van der Waals surface area contributed by atoms with Crippen LogP contribution in [-0.2, 0) is 0 Å². The summed E-state index contributed by atoms with van der Waals surface area (Å²) in [5.74, 6) is -2.68. The second-order valence-corrected chi connectivity index (χ2v) is 4.85. The van der Waals surface area contributed by atoms with Gasteiger partial charge in [0.2, 0.25) is 0 Å². The Bertz CT molecular complexity index is 669. The molecule has 0 radical (unpaired) electrons. The molecule has 19 heavy (non-hydrogen) atoms. The van der Waals surface area contributed by atoms with Crippen molar-refractivity contribution in [3.05, 3.63) is 68.7 Å². The highest BCUT2D eigenvalue weighted by Gasteiger charge is 2.17. The van der Waals surface area contributed by atoms with Crippen molar-refractivity contribution in [1.29, 1.82) is 0 Å². The van der Waals surface area contributed by atoms with Gasteiger partial charge >= 0.3 is 0 Å². The smallest absolute Gasteiger partial charge is 0.194 e. The van der Waals surface area contributed by atoms with Crippen LogP contribution in [0.25, 0.3) is 0 Å². The first-order valence-corrected chi connectivity index (χ1v) is 6.11. The molecule has 2 rings (SSSR count). The predicted molar refractivity (Wildman–Crippen MR) is 71.0 cm³/mol. The minimum absolute atomic E-state index is 0.0812. The Kier molecular flexibility index (Phi) is 3.88. The van der Waals surface area contributed by atoms with Crippen LogP contribution in [-0.4, -0.2) is 5.78 Å². The van der Waals surface area contributed by atoms with Gasteiger partial charge in [0.05, 0.1) is 5.02 Å². The van der Waals surface area contributed by atoms with E-state index in [4.69, 9.17) is 23.2 Å². The van der Waals surface area contributed by atoms with Crippen molar-refractivity contribution in [1.82, 2.24) is 0 Å². The minimum atomic E-state index is -1.11. The summed E-state index contributed by atoms with van der Waals surface area (Å²) in [4.78, 5) is 12.2. The Hall–Kier alpha value is -1.45. The molecular formula is C14H8Cl2F2O. The Morgan fingerprint density at radius 3 is 2.26 bits per heavy atom. The highest BCUT2D eigenvalue weighted by atomic mass is 35.5. The number of hydrogen-bond donors (Lipinski definition) is 0. The van der Waals surface area contributed by atoms with E-state index in [9.17, 15) is 13.6 Å². The van der Waals surface area contributed by atoms with Crippen molar-refractivity contribution < 1.29 is 13.6 Å². The first-order valence-electron chi connectivity index (χ1n) is 5.35. The maximum atomic E-state index is 13.2. The van der Waals surface area contributed by atoms with Gasteiger partial charge in [0, 0.05) is 16.1 Å². The normalized spacial score (nSPS) is 10.6. The lowest BCUT2D eigenvalue weighted by Gasteiger charge is -2.06. The van der Waals surface area contributed by atoms with Gasteiger partial charge in [-0.15, -0.1) is 0 Å². The van der Waals surface area contributed by atoms with Crippen molar-refractivity contribution in [3.63, 3.8) is 0 Å². The molecule has 0 spiro atoms. The number of benzene rings is 2. The molecule has 0 saturated carbocycles. The van der Waals surface area contributed by atoms with Crippen molar-refractivity contribution in [2.45, 2.75) is 6.92 Å². The molecule has 0 fully saturated rings. The van der Waals surface area contributed by atoms with Gasteiger partial charge in [0.1, 0.15) is 0 Å². The van der Waals surface area contributed by atoms with Crippen LogP contribution in [0.15, 0.2) is 30.3 Å². The molecular weight excluding hydrogens is 293 g/mol. The number of aryl methyl sites for hydroxylation is 1. The molecule has 1 nitrogen and oxygen atoms in total. The van der Waals surface area contributed by atoms with Gasteiger partial charge in [0.25, 0.3) is 0 Å². The summed E-state index contributed by atoms with van der Waals surface area (Å²) < 4.78 is 26.1. The summed E-state index contributed by atoms with van der Waals surface area (Å²) in [6.45, 7) is 1.74. The molecule has 0 aromatic heterocycles. The van der Waals surface area contributed by atoms with Gasteiger partial charge in [-0.1, -0.05) is 23.2 Å². The third-order valence-corrected chi connectivity index (χ3v) is 3.41. The van der Waals surface area contributed by atoms with Crippen LogP contribution >= 0.6 is 23.2 Å². The Morgan fingerprint density at radius 1 is 1.00 bits per heavy atom. The summed E-state index contributed by atoms with van der Waals surface area (Å²) in [5, 5.41) is 0.393. The van der Waals surface area contributed by atoms with E-state index in [1.807, 2.05) is 0 Å². The SMILES string of the molecule is Cc1cc(C(=O)c2cc(F)c(F)cc2Cl)ccc1Cl. The molecule has 0 amide bonds. The van der Waals surface area contributed by atoms with Gasteiger partial charge < -0.3 is 0 Å². The van der Waals surface area contributed by atoms with Gasteiger partial charge in [-0.3, -0.25) is 4.79 Å². The molecule has 0 saturated heterocycles. The predicted octanol–water partition coefficient (Wildman–Crippen LogP) is 4.81. The molecule has 0 heterocycles. The van der Waals surface area contributed by atoms with E-state index in [1.165, 1.54) is 6.07 Å². The second kappa shape index (κ2) is 5.27. The zero-order chi connectivity index (χ0) is 14.2. The molecule has 2 aromatic rings. The number of carbonyl (C=O) groups is 1. The van der Waals surface area contributed by atoms with E-state index < -0.39 is 17.4 Å². The Labute approximate surface area is 118 Å². The maximum absolute atomic E-state index is 13.2. The fourth-order valence-electron chi connectivity index (χ4n) is 1.64. The van der Waals surface area contributed by atoms with E-state index in [2.05, 4.69) is 0 Å². The fraction of sp³-hybridized carbons (Fsp3) is 0.0714. The number of halogens is 4.